The number of hydrogen-bond acceptors (Lipinski definition) is 5. The summed E-state index contributed by atoms with van der Waals surface area (Å²) in [5.41, 5.74) is 2.14. The molecule has 0 fully saturated rings. The Kier molecular flexibility index (Phi) is 3.29. The maximum absolute atomic E-state index is 5.56. The van der Waals surface area contributed by atoms with Gasteiger partial charge in [-0.1, -0.05) is 0 Å². The highest BCUT2D eigenvalue weighted by molar-refractivity contribution is 7.11. The number of benzene rings is 1. The molecule has 0 saturated carbocycles. The van der Waals surface area contributed by atoms with Crippen LogP contribution < -0.4 is 14.8 Å². The summed E-state index contributed by atoms with van der Waals surface area (Å²) in [6.45, 7) is 6.11. The predicted octanol–water partition coefficient (Wildman–Crippen LogP) is 3.14. The van der Waals surface area contributed by atoms with Crippen molar-refractivity contribution in [3.8, 4) is 11.5 Å². The second kappa shape index (κ2) is 5.09. The molecule has 2 heterocycles. The third kappa shape index (κ3) is 2.66. The Bertz CT molecular complexity index is 576. The summed E-state index contributed by atoms with van der Waals surface area (Å²) in [6, 6.07) is 5.91. The molecular formula is C14H16N2O2S. The molecule has 100 valence electrons. The van der Waals surface area contributed by atoms with Crippen LogP contribution in [0.1, 0.15) is 15.6 Å². The van der Waals surface area contributed by atoms with Gasteiger partial charge < -0.3 is 14.8 Å². The first-order chi connectivity index (χ1) is 9.22. The molecule has 0 atom stereocenters. The van der Waals surface area contributed by atoms with Crippen LogP contribution in [0.25, 0.3) is 0 Å². The molecule has 1 aromatic carbocycles. The maximum Gasteiger partial charge on any atom is 0.163 e. The van der Waals surface area contributed by atoms with E-state index in [1.807, 2.05) is 25.1 Å². The molecular weight excluding hydrogens is 260 g/mol. The molecule has 4 nitrogen and oxygen atoms in total. The van der Waals surface area contributed by atoms with Crippen LogP contribution in [0.4, 0.5) is 5.69 Å². The molecule has 0 spiro atoms. The van der Waals surface area contributed by atoms with E-state index >= 15 is 0 Å². The second-order valence-corrected chi connectivity index (χ2v) is 5.75. The van der Waals surface area contributed by atoms with Gasteiger partial charge in [0.2, 0.25) is 0 Å². The number of rotatable bonds is 3. The molecule has 1 aromatic heterocycles. The molecule has 1 N–H and O–H groups in total. The molecule has 0 amide bonds. The zero-order valence-electron chi connectivity index (χ0n) is 11.0. The zero-order chi connectivity index (χ0) is 13.2. The van der Waals surface area contributed by atoms with Gasteiger partial charge in [0.25, 0.3) is 0 Å². The molecule has 19 heavy (non-hydrogen) atoms. The molecule has 2 aromatic rings. The molecule has 0 unspecified atom stereocenters. The van der Waals surface area contributed by atoms with E-state index in [-0.39, 0.29) is 0 Å². The summed E-state index contributed by atoms with van der Waals surface area (Å²) in [5, 5.41) is 4.47. The van der Waals surface area contributed by atoms with Crippen molar-refractivity contribution in [1.29, 1.82) is 0 Å². The number of anilines is 1. The summed E-state index contributed by atoms with van der Waals surface area (Å²) in [7, 11) is 0. The zero-order valence-corrected chi connectivity index (χ0v) is 11.8. The van der Waals surface area contributed by atoms with Gasteiger partial charge in [-0.15, -0.1) is 11.3 Å². The van der Waals surface area contributed by atoms with Crippen LogP contribution >= 0.6 is 11.3 Å². The Hall–Kier alpha value is -1.75. The van der Waals surface area contributed by atoms with Crippen molar-refractivity contribution in [3.05, 3.63) is 33.8 Å². The van der Waals surface area contributed by atoms with E-state index in [1.54, 1.807) is 11.3 Å². The van der Waals surface area contributed by atoms with Gasteiger partial charge in [-0.3, -0.25) is 0 Å². The van der Waals surface area contributed by atoms with Gasteiger partial charge in [0.15, 0.2) is 11.5 Å². The Labute approximate surface area is 116 Å². The van der Waals surface area contributed by atoms with Gasteiger partial charge >= 0.3 is 0 Å². The molecule has 0 bridgehead atoms. The van der Waals surface area contributed by atoms with Crippen molar-refractivity contribution >= 4 is 17.0 Å². The minimum Gasteiger partial charge on any atom is -0.486 e. The third-order valence-electron chi connectivity index (χ3n) is 3.06. The molecule has 1 aliphatic rings. The lowest BCUT2D eigenvalue weighted by atomic mass is 10.2. The van der Waals surface area contributed by atoms with Crippen LogP contribution in [0.2, 0.25) is 0 Å². The van der Waals surface area contributed by atoms with Crippen molar-refractivity contribution in [2.45, 2.75) is 20.4 Å². The summed E-state index contributed by atoms with van der Waals surface area (Å²) < 4.78 is 11.1. The van der Waals surface area contributed by atoms with Gasteiger partial charge in [0.1, 0.15) is 18.2 Å². The van der Waals surface area contributed by atoms with E-state index in [4.69, 9.17) is 9.47 Å². The van der Waals surface area contributed by atoms with Crippen molar-refractivity contribution in [2.24, 2.45) is 0 Å². The van der Waals surface area contributed by atoms with E-state index in [0.29, 0.717) is 13.2 Å². The van der Waals surface area contributed by atoms with Gasteiger partial charge in [0, 0.05) is 16.6 Å². The molecule has 0 saturated heterocycles. The number of hydrogen-bond donors (Lipinski definition) is 1. The van der Waals surface area contributed by atoms with Gasteiger partial charge in [-0.2, -0.15) is 0 Å². The summed E-state index contributed by atoms with van der Waals surface area (Å²) in [5.74, 6) is 1.63. The standard InChI is InChI=1S/C14H16N2O2S/c1-9-10(2)19-14(16-9)8-15-11-3-4-12-13(7-11)18-6-5-17-12/h3-4,7,15H,5-6,8H2,1-2H3. The number of nitrogens with zero attached hydrogens (tertiary/aromatic N) is 1. The topological polar surface area (TPSA) is 43.4 Å². The number of nitrogens with one attached hydrogen (secondary N) is 1. The Morgan fingerprint density at radius 1 is 1.21 bits per heavy atom. The molecule has 5 heteroatoms. The molecule has 1 aliphatic heterocycles. The minimum absolute atomic E-state index is 0.612. The smallest absolute Gasteiger partial charge is 0.163 e. The van der Waals surface area contributed by atoms with Gasteiger partial charge in [0.05, 0.1) is 12.2 Å². The minimum atomic E-state index is 0.612. The number of aromatic nitrogens is 1. The second-order valence-electron chi connectivity index (χ2n) is 4.46. The van der Waals surface area contributed by atoms with Crippen molar-refractivity contribution in [2.75, 3.05) is 18.5 Å². The van der Waals surface area contributed by atoms with E-state index < -0.39 is 0 Å². The highest BCUT2D eigenvalue weighted by Crippen LogP contribution is 2.32. The molecule has 0 aliphatic carbocycles. The van der Waals surface area contributed by atoms with Crippen LogP contribution in [-0.2, 0) is 6.54 Å². The van der Waals surface area contributed by atoms with E-state index in [1.165, 1.54) is 4.88 Å². The van der Waals surface area contributed by atoms with Crippen molar-refractivity contribution in [3.63, 3.8) is 0 Å². The summed E-state index contributed by atoms with van der Waals surface area (Å²) in [6.07, 6.45) is 0. The maximum atomic E-state index is 5.56. The lowest BCUT2D eigenvalue weighted by Gasteiger charge is -2.19. The van der Waals surface area contributed by atoms with Crippen molar-refractivity contribution in [1.82, 2.24) is 4.98 Å². The average molecular weight is 276 g/mol. The number of aryl methyl sites for hydroxylation is 2. The highest BCUT2D eigenvalue weighted by atomic mass is 32.1. The van der Waals surface area contributed by atoms with Gasteiger partial charge in [-0.25, -0.2) is 4.98 Å². The fourth-order valence-corrected chi connectivity index (χ4v) is 2.82. The van der Waals surface area contributed by atoms with Crippen molar-refractivity contribution < 1.29 is 9.47 Å². The molecule has 3 rings (SSSR count). The Morgan fingerprint density at radius 3 is 2.74 bits per heavy atom. The highest BCUT2D eigenvalue weighted by Gasteiger charge is 2.11. The fraction of sp³-hybridized carbons (Fsp3) is 0.357. The van der Waals surface area contributed by atoms with Crippen LogP contribution in [0.5, 0.6) is 11.5 Å². The third-order valence-corrected chi connectivity index (χ3v) is 4.13. The van der Waals surface area contributed by atoms with Crippen LogP contribution in [0.15, 0.2) is 18.2 Å². The first-order valence-corrected chi connectivity index (χ1v) is 7.10. The summed E-state index contributed by atoms with van der Waals surface area (Å²) >= 11 is 1.73. The fourth-order valence-electron chi connectivity index (χ4n) is 1.95. The van der Waals surface area contributed by atoms with Gasteiger partial charge in [-0.05, 0) is 26.0 Å². The normalized spacial score (nSPS) is 13.4. The first kappa shape index (κ1) is 12.3. The lowest BCUT2D eigenvalue weighted by Crippen LogP contribution is -2.15. The van der Waals surface area contributed by atoms with Crippen LogP contribution in [0.3, 0.4) is 0 Å². The largest absolute Gasteiger partial charge is 0.486 e. The quantitative estimate of drug-likeness (QED) is 0.935. The Morgan fingerprint density at radius 2 is 2.00 bits per heavy atom. The first-order valence-electron chi connectivity index (χ1n) is 6.29. The number of thiazole rings is 1. The van der Waals surface area contributed by atoms with E-state index in [9.17, 15) is 0 Å². The van der Waals surface area contributed by atoms with Crippen LogP contribution in [0, 0.1) is 13.8 Å². The predicted molar refractivity (Wildman–Crippen MR) is 76.3 cm³/mol. The number of ether oxygens (including phenoxy) is 2. The van der Waals surface area contributed by atoms with E-state index in [0.717, 1.165) is 34.4 Å². The van der Waals surface area contributed by atoms with E-state index in [2.05, 4.69) is 17.2 Å². The SMILES string of the molecule is Cc1nc(CNc2ccc3c(c2)OCCO3)sc1C. The lowest BCUT2D eigenvalue weighted by molar-refractivity contribution is 0.171. The van der Waals surface area contributed by atoms with Crippen LogP contribution in [-0.4, -0.2) is 18.2 Å². The Balaban J connectivity index is 1.70. The average Bonchev–Trinajstić information content (AvgIpc) is 2.75. The summed E-state index contributed by atoms with van der Waals surface area (Å²) in [4.78, 5) is 5.79. The molecule has 0 radical (unpaired) electrons. The monoisotopic (exact) mass is 276 g/mol. The number of fused-ring (bicyclic) bond motifs is 1.